The van der Waals surface area contributed by atoms with Crippen molar-refractivity contribution in [2.24, 2.45) is 0 Å². The highest BCUT2D eigenvalue weighted by molar-refractivity contribution is 5.85. The van der Waals surface area contributed by atoms with Crippen LogP contribution < -0.4 is 5.32 Å². The average Bonchev–Trinajstić information content (AvgIpc) is 2.41. The molecule has 1 saturated heterocycles. The molecule has 0 unspecified atom stereocenters. The molecule has 1 aliphatic heterocycles. The summed E-state index contributed by atoms with van der Waals surface area (Å²) in [6.07, 6.45) is 0.574. The number of aryl methyl sites for hydroxylation is 1. The minimum absolute atomic E-state index is 0. The van der Waals surface area contributed by atoms with E-state index in [0.29, 0.717) is 6.42 Å². The predicted octanol–water partition coefficient (Wildman–Crippen LogP) is 3.01. The molecule has 1 fully saturated rings. The van der Waals surface area contributed by atoms with E-state index in [4.69, 9.17) is 5.26 Å². The van der Waals surface area contributed by atoms with Gasteiger partial charge in [-0.2, -0.15) is 5.26 Å². The van der Waals surface area contributed by atoms with Crippen molar-refractivity contribution < 1.29 is 0 Å². The summed E-state index contributed by atoms with van der Waals surface area (Å²) >= 11 is 0. The van der Waals surface area contributed by atoms with Crippen LogP contribution in [0.2, 0.25) is 0 Å². The van der Waals surface area contributed by atoms with E-state index in [1.54, 1.807) is 0 Å². The molecule has 1 aromatic rings. The molecule has 0 bridgehead atoms. The molecule has 1 aromatic carbocycles. The molecule has 20 heavy (non-hydrogen) atoms. The van der Waals surface area contributed by atoms with E-state index in [0.717, 1.165) is 26.2 Å². The number of hydrogen-bond donors (Lipinski definition) is 1. The van der Waals surface area contributed by atoms with Gasteiger partial charge in [0.1, 0.15) is 0 Å². The molecule has 1 N–H and O–H groups in total. The highest BCUT2D eigenvalue weighted by Crippen LogP contribution is 2.28. The number of rotatable bonds is 3. The fourth-order valence-electron chi connectivity index (χ4n) is 2.65. The zero-order chi connectivity index (χ0) is 13.0. The molecule has 2 rings (SSSR count). The Morgan fingerprint density at radius 2 is 1.90 bits per heavy atom. The lowest BCUT2D eigenvalue weighted by Crippen LogP contribution is -2.45. The van der Waals surface area contributed by atoms with Gasteiger partial charge in [-0.1, -0.05) is 18.2 Å². The maximum atomic E-state index is 9.10. The molecule has 0 aliphatic carbocycles. The van der Waals surface area contributed by atoms with Crippen LogP contribution in [0, 0.1) is 25.2 Å². The molecule has 1 atom stereocenters. The Balaban J connectivity index is 0.00000180. The van der Waals surface area contributed by atoms with E-state index in [1.807, 2.05) is 0 Å². The number of nitrogens with one attached hydrogen (secondary N) is 1. The van der Waals surface area contributed by atoms with Crippen molar-refractivity contribution in [3.05, 3.63) is 34.9 Å². The molecule has 0 radical (unpaired) electrons. The number of halogens is 2. The standard InChI is InChI=1S/C15H21N3.2ClH/c1-12-4-3-5-14(13(12)2)15(6-7-16)18-10-8-17-9-11-18;;/h3-5,15,17H,6,8-11H2,1-2H3;2*1H/t15-;;/m0../s1. The molecule has 1 heterocycles. The van der Waals surface area contributed by atoms with Crippen LogP contribution in [0.3, 0.4) is 0 Å². The third kappa shape index (κ3) is 4.36. The van der Waals surface area contributed by atoms with Crippen LogP contribution in [-0.2, 0) is 0 Å². The number of nitrogens with zero attached hydrogens (tertiary/aromatic N) is 2. The number of benzene rings is 1. The Morgan fingerprint density at radius 3 is 2.50 bits per heavy atom. The molecule has 0 amide bonds. The minimum atomic E-state index is 0. The minimum Gasteiger partial charge on any atom is -0.314 e. The zero-order valence-electron chi connectivity index (χ0n) is 12.1. The fourth-order valence-corrected chi connectivity index (χ4v) is 2.65. The van der Waals surface area contributed by atoms with Crippen molar-refractivity contribution in [1.82, 2.24) is 10.2 Å². The van der Waals surface area contributed by atoms with Gasteiger partial charge in [-0.15, -0.1) is 24.8 Å². The van der Waals surface area contributed by atoms with Gasteiger partial charge < -0.3 is 5.32 Å². The van der Waals surface area contributed by atoms with Crippen LogP contribution in [0.1, 0.15) is 29.2 Å². The molecule has 0 aromatic heterocycles. The average molecular weight is 316 g/mol. The normalized spacial score (nSPS) is 16.4. The van der Waals surface area contributed by atoms with Gasteiger partial charge in [-0.05, 0) is 30.5 Å². The lowest BCUT2D eigenvalue weighted by atomic mass is 9.94. The molecule has 3 nitrogen and oxygen atoms in total. The van der Waals surface area contributed by atoms with Gasteiger partial charge in [0.15, 0.2) is 0 Å². The summed E-state index contributed by atoms with van der Waals surface area (Å²) in [6.45, 7) is 8.40. The SMILES string of the molecule is Cc1cccc([C@H](CC#N)N2CCNCC2)c1C.Cl.Cl. The first-order valence-corrected chi connectivity index (χ1v) is 6.62. The molecular formula is C15H23Cl2N3. The molecule has 0 spiro atoms. The Bertz CT molecular complexity index is 451. The Hall–Kier alpha value is -0.790. The third-order valence-corrected chi connectivity index (χ3v) is 3.88. The summed E-state index contributed by atoms with van der Waals surface area (Å²) in [5, 5.41) is 12.5. The maximum Gasteiger partial charge on any atom is 0.0641 e. The highest BCUT2D eigenvalue weighted by atomic mass is 35.5. The first-order chi connectivity index (χ1) is 8.74. The molecule has 5 heteroatoms. The van der Waals surface area contributed by atoms with Gasteiger partial charge >= 0.3 is 0 Å². The van der Waals surface area contributed by atoms with Gasteiger partial charge in [0.2, 0.25) is 0 Å². The van der Waals surface area contributed by atoms with Crippen LogP contribution in [-0.4, -0.2) is 31.1 Å². The summed E-state index contributed by atoms with van der Waals surface area (Å²) in [4.78, 5) is 2.43. The largest absolute Gasteiger partial charge is 0.314 e. The van der Waals surface area contributed by atoms with Crippen LogP contribution in [0.4, 0.5) is 0 Å². The van der Waals surface area contributed by atoms with E-state index in [2.05, 4.69) is 48.3 Å². The first-order valence-electron chi connectivity index (χ1n) is 6.62. The van der Waals surface area contributed by atoms with Crippen molar-refractivity contribution in [3.8, 4) is 6.07 Å². The van der Waals surface area contributed by atoms with Gasteiger partial charge in [-0.3, -0.25) is 4.90 Å². The van der Waals surface area contributed by atoms with E-state index >= 15 is 0 Å². The first kappa shape index (κ1) is 19.2. The molecule has 1 aliphatic rings. The maximum absolute atomic E-state index is 9.10. The van der Waals surface area contributed by atoms with Crippen molar-refractivity contribution >= 4 is 24.8 Å². The van der Waals surface area contributed by atoms with E-state index in [9.17, 15) is 0 Å². The van der Waals surface area contributed by atoms with Gasteiger partial charge in [-0.25, -0.2) is 0 Å². The van der Waals surface area contributed by atoms with Crippen LogP contribution in [0.15, 0.2) is 18.2 Å². The van der Waals surface area contributed by atoms with E-state index in [1.165, 1.54) is 16.7 Å². The number of piperazine rings is 1. The second-order valence-corrected chi connectivity index (χ2v) is 4.95. The number of nitriles is 1. The topological polar surface area (TPSA) is 39.1 Å². The quantitative estimate of drug-likeness (QED) is 0.932. The second-order valence-electron chi connectivity index (χ2n) is 4.95. The van der Waals surface area contributed by atoms with Crippen molar-refractivity contribution in [2.45, 2.75) is 26.3 Å². The van der Waals surface area contributed by atoms with E-state index < -0.39 is 0 Å². The Kier molecular flexibility index (Phi) is 8.84. The summed E-state index contributed by atoms with van der Waals surface area (Å²) in [7, 11) is 0. The highest BCUT2D eigenvalue weighted by Gasteiger charge is 2.23. The molecular weight excluding hydrogens is 293 g/mol. The lowest BCUT2D eigenvalue weighted by Gasteiger charge is -2.35. The zero-order valence-corrected chi connectivity index (χ0v) is 13.7. The van der Waals surface area contributed by atoms with Crippen molar-refractivity contribution in [3.63, 3.8) is 0 Å². The molecule has 112 valence electrons. The van der Waals surface area contributed by atoms with Crippen LogP contribution >= 0.6 is 24.8 Å². The van der Waals surface area contributed by atoms with Crippen LogP contribution in [0.5, 0.6) is 0 Å². The van der Waals surface area contributed by atoms with Crippen LogP contribution in [0.25, 0.3) is 0 Å². The Labute approximate surface area is 134 Å². The summed E-state index contributed by atoms with van der Waals surface area (Å²) in [5.41, 5.74) is 3.96. The smallest absolute Gasteiger partial charge is 0.0641 e. The van der Waals surface area contributed by atoms with Gasteiger partial charge in [0, 0.05) is 32.2 Å². The fraction of sp³-hybridized carbons (Fsp3) is 0.533. The van der Waals surface area contributed by atoms with Crippen molar-refractivity contribution in [2.75, 3.05) is 26.2 Å². The lowest BCUT2D eigenvalue weighted by molar-refractivity contribution is 0.175. The third-order valence-electron chi connectivity index (χ3n) is 3.88. The Morgan fingerprint density at radius 1 is 1.25 bits per heavy atom. The summed E-state index contributed by atoms with van der Waals surface area (Å²) < 4.78 is 0. The second kappa shape index (κ2) is 9.20. The predicted molar refractivity (Wildman–Crippen MR) is 87.8 cm³/mol. The number of hydrogen-bond acceptors (Lipinski definition) is 3. The molecule has 0 saturated carbocycles. The summed E-state index contributed by atoms with van der Waals surface area (Å²) in [6, 6.07) is 9.01. The van der Waals surface area contributed by atoms with Gasteiger partial charge in [0.25, 0.3) is 0 Å². The monoisotopic (exact) mass is 315 g/mol. The van der Waals surface area contributed by atoms with Gasteiger partial charge in [0.05, 0.1) is 12.5 Å². The summed E-state index contributed by atoms with van der Waals surface area (Å²) in [5.74, 6) is 0. The van der Waals surface area contributed by atoms with E-state index in [-0.39, 0.29) is 30.9 Å². The van der Waals surface area contributed by atoms with Crippen molar-refractivity contribution in [1.29, 1.82) is 5.26 Å².